The molecule has 0 heterocycles. The van der Waals surface area contributed by atoms with Crippen molar-refractivity contribution in [3.63, 3.8) is 0 Å². The van der Waals surface area contributed by atoms with Gasteiger partial charge in [-0.2, -0.15) is 0 Å². The van der Waals surface area contributed by atoms with Crippen molar-refractivity contribution in [2.45, 2.75) is 13.8 Å². The third kappa shape index (κ3) is 4.45. The number of amides is 1. The number of carbonyl (C=O) groups excluding carboxylic acids is 1. The molecule has 0 spiro atoms. The van der Waals surface area contributed by atoms with Crippen molar-refractivity contribution < 1.29 is 9.18 Å². The minimum Gasteiger partial charge on any atom is -0.351 e. The molecule has 1 N–H and O–H groups in total. The molecule has 0 unspecified atom stereocenters. The molecule has 1 aromatic rings. The first-order chi connectivity index (χ1) is 8.32. The highest BCUT2D eigenvalue weighted by Gasteiger charge is 2.20. The summed E-state index contributed by atoms with van der Waals surface area (Å²) in [7, 11) is 3.97. The van der Waals surface area contributed by atoms with Gasteiger partial charge in [0.25, 0.3) is 5.91 Å². The van der Waals surface area contributed by atoms with Crippen LogP contribution in [0.15, 0.2) is 24.3 Å². The predicted molar refractivity (Wildman–Crippen MR) is 71.1 cm³/mol. The van der Waals surface area contributed by atoms with E-state index in [1.165, 1.54) is 12.1 Å². The Morgan fingerprint density at radius 2 is 1.94 bits per heavy atom. The first-order valence-corrected chi connectivity index (χ1v) is 5.99. The first-order valence-electron chi connectivity index (χ1n) is 5.99. The molecule has 0 fully saturated rings. The Balaban J connectivity index is 2.59. The molecule has 0 saturated carbocycles. The minimum absolute atomic E-state index is 0.0512. The Labute approximate surface area is 108 Å². The zero-order valence-corrected chi connectivity index (χ0v) is 11.5. The van der Waals surface area contributed by atoms with Gasteiger partial charge in [0.1, 0.15) is 5.82 Å². The number of nitrogens with zero attached hydrogens (tertiary/aromatic N) is 1. The molecular formula is C14H21FN2O. The molecule has 0 aliphatic heterocycles. The van der Waals surface area contributed by atoms with E-state index in [0.717, 1.165) is 6.54 Å². The predicted octanol–water partition coefficient (Wildman–Crippen LogP) is 2.14. The summed E-state index contributed by atoms with van der Waals surface area (Å²) in [5.41, 5.74) is 0.0443. The summed E-state index contributed by atoms with van der Waals surface area (Å²) in [4.78, 5) is 13.9. The summed E-state index contributed by atoms with van der Waals surface area (Å²) in [5.74, 6) is -0.847. The molecule has 0 aromatic heterocycles. The summed E-state index contributed by atoms with van der Waals surface area (Å²) >= 11 is 0. The number of hydrogen-bond acceptors (Lipinski definition) is 2. The largest absolute Gasteiger partial charge is 0.351 e. The zero-order chi connectivity index (χ0) is 13.8. The molecule has 1 aromatic carbocycles. The van der Waals surface area contributed by atoms with Gasteiger partial charge in [0.2, 0.25) is 0 Å². The van der Waals surface area contributed by atoms with E-state index >= 15 is 0 Å². The molecule has 0 bridgehead atoms. The fraction of sp³-hybridized carbons (Fsp3) is 0.500. The van der Waals surface area contributed by atoms with Crippen molar-refractivity contribution in [1.29, 1.82) is 0 Å². The molecular weight excluding hydrogens is 231 g/mol. The lowest BCUT2D eigenvalue weighted by molar-refractivity contribution is 0.0925. The maximum atomic E-state index is 13.4. The molecule has 3 nitrogen and oxygen atoms in total. The maximum Gasteiger partial charge on any atom is 0.254 e. The molecule has 18 heavy (non-hydrogen) atoms. The van der Waals surface area contributed by atoms with Crippen LogP contribution < -0.4 is 5.32 Å². The second-order valence-corrected chi connectivity index (χ2v) is 5.56. The first kappa shape index (κ1) is 14.6. The van der Waals surface area contributed by atoms with Gasteiger partial charge in [0.05, 0.1) is 5.56 Å². The minimum atomic E-state index is -0.486. The van der Waals surface area contributed by atoms with Crippen LogP contribution in [0.25, 0.3) is 0 Å². The van der Waals surface area contributed by atoms with E-state index in [4.69, 9.17) is 0 Å². The van der Waals surface area contributed by atoms with Gasteiger partial charge in [-0.05, 0) is 31.6 Å². The standard InChI is InChI=1S/C14H21FN2O/c1-14(2,10-17(3)4)9-16-13(18)11-7-5-6-8-12(11)15/h5-8H,9-10H2,1-4H3,(H,16,18). The SMILES string of the molecule is CN(C)CC(C)(C)CNC(=O)c1ccccc1F. The molecule has 0 atom stereocenters. The Hall–Kier alpha value is -1.42. The van der Waals surface area contributed by atoms with Crippen LogP contribution in [0.2, 0.25) is 0 Å². The van der Waals surface area contributed by atoms with Gasteiger partial charge < -0.3 is 10.2 Å². The third-order valence-corrected chi connectivity index (χ3v) is 2.59. The number of nitrogens with one attached hydrogen (secondary N) is 1. The fourth-order valence-electron chi connectivity index (χ4n) is 1.97. The summed E-state index contributed by atoms with van der Waals surface area (Å²) in [6.07, 6.45) is 0. The monoisotopic (exact) mass is 252 g/mol. The molecule has 0 radical (unpaired) electrons. The lowest BCUT2D eigenvalue weighted by Gasteiger charge is -2.28. The Bertz CT molecular complexity index is 416. The van der Waals surface area contributed by atoms with Crippen LogP contribution in [0, 0.1) is 11.2 Å². The van der Waals surface area contributed by atoms with E-state index in [2.05, 4.69) is 24.1 Å². The van der Waals surface area contributed by atoms with Gasteiger partial charge in [0.15, 0.2) is 0 Å². The Morgan fingerprint density at radius 3 is 2.50 bits per heavy atom. The number of hydrogen-bond donors (Lipinski definition) is 1. The van der Waals surface area contributed by atoms with Crippen molar-refractivity contribution in [3.05, 3.63) is 35.6 Å². The third-order valence-electron chi connectivity index (χ3n) is 2.59. The average molecular weight is 252 g/mol. The molecule has 1 rings (SSSR count). The molecule has 0 aliphatic carbocycles. The number of carbonyl (C=O) groups is 1. The molecule has 100 valence electrons. The lowest BCUT2D eigenvalue weighted by atomic mass is 9.93. The summed E-state index contributed by atoms with van der Waals surface area (Å²) in [6, 6.07) is 6.01. The van der Waals surface area contributed by atoms with Gasteiger partial charge >= 0.3 is 0 Å². The number of rotatable bonds is 5. The quantitative estimate of drug-likeness (QED) is 0.871. The summed E-state index contributed by atoms with van der Waals surface area (Å²) in [5, 5.41) is 2.78. The van der Waals surface area contributed by atoms with E-state index < -0.39 is 5.82 Å². The van der Waals surface area contributed by atoms with Crippen LogP contribution >= 0.6 is 0 Å². The molecule has 1 amide bonds. The van der Waals surface area contributed by atoms with E-state index in [9.17, 15) is 9.18 Å². The van der Waals surface area contributed by atoms with Crippen LogP contribution in [0.4, 0.5) is 4.39 Å². The highest BCUT2D eigenvalue weighted by atomic mass is 19.1. The Morgan fingerprint density at radius 1 is 1.33 bits per heavy atom. The van der Waals surface area contributed by atoms with Gasteiger partial charge in [-0.1, -0.05) is 26.0 Å². The molecule has 0 saturated heterocycles. The van der Waals surface area contributed by atoms with Gasteiger partial charge in [-0.3, -0.25) is 4.79 Å². The highest BCUT2D eigenvalue weighted by molar-refractivity contribution is 5.94. The van der Waals surface area contributed by atoms with E-state index in [1.807, 2.05) is 14.1 Å². The maximum absolute atomic E-state index is 13.4. The van der Waals surface area contributed by atoms with E-state index in [0.29, 0.717) is 6.54 Å². The van der Waals surface area contributed by atoms with Crippen LogP contribution in [0.3, 0.4) is 0 Å². The van der Waals surface area contributed by atoms with Crippen LogP contribution in [0.1, 0.15) is 24.2 Å². The van der Waals surface area contributed by atoms with Crippen molar-refractivity contribution in [1.82, 2.24) is 10.2 Å². The smallest absolute Gasteiger partial charge is 0.254 e. The van der Waals surface area contributed by atoms with Gasteiger partial charge in [-0.25, -0.2) is 4.39 Å². The van der Waals surface area contributed by atoms with Crippen molar-refractivity contribution in [3.8, 4) is 0 Å². The van der Waals surface area contributed by atoms with E-state index in [-0.39, 0.29) is 16.9 Å². The van der Waals surface area contributed by atoms with Crippen LogP contribution in [-0.4, -0.2) is 38.0 Å². The zero-order valence-electron chi connectivity index (χ0n) is 11.5. The average Bonchev–Trinajstić information content (AvgIpc) is 2.25. The Kier molecular flexibility index (Phi) is 4.84. The van der Waals surface area contributed by atoms with E-state index in [1.54, 1.807) is 12.1 Å². The van der Waals surface area contributed by atoms with Crippen molar-refractivity contribution in [2.75, 3.05) is 27.2 Å². The fourth-order valence-corrected chi connectivity index (χ4v) is 1.97. The normalized spacial score (nSPS) is 11.7. The van der Waals surface area contributed by atoms with Gasteiger partial charge in [0, 0.05) is 13.1 Å². The second kappa shape index (κ2) is 5.96. The number of halogens is 1. The molecule has 4 heteroatoms. The van der Waals surface area contributed by atoms with Crippen molar-refractivity contribution in [2.24, 2.45) is 5.41 Å². The lowest BCUT2D eigenvalue weighted by Crippen LogP contribution is -2.40. The summed E-state index contributed by atoms with van der Waals surface area (Å²) in [6.45, 7) is 5.49. The number of benzene rings is 1. The summed E-state index contributed by atoms with van der Waals surface area (Å²) < 4.78 is 13.4. The van der Waals surface area contributed by atoms with Crippen molar-refractivity contribution >= 4 is 5.91 Å². The molecule has 0 aliphatic rings. The van der Waals surface area contributed by atoms with Gasteiger partial charge in [-0.15, -0.1) is 0 Å². The van der Waals surface area contributed by atoms with Crippen LogP contribution in [0.5, 0.6) is 0 Å². The topological polar surface area (TPSA) is 32.3 Å². The highest BCUT2D eigenvalue weighted by Crippen LogP contribution is 2.15. The second-order valence-electron chi connectivity index (χ2n) is 5.56. The van der Waals surface area contributed by atoms with Crippen LogP contribution in [-0.2, 0) is 0 Å².